The zero-order chi connectivity index (χ0) is 13.0. The molecule has 102 valence electrons. The summed E-state index contributed by atoms with van der Waals surface area (Å²) in [6, 6.07) is 0. The molecule has 5 heteroatoms. The lowest BCUT2D eigenvalue weighted by Crippen LogP contribution is -2.54. The number of hydrogen-bond donors (Lipinski definition) is 2. The quantitative estimate of drug-likeness (QED) is 0.794. The lowest BCUT2D eigenvalue weighted by molar-refractivity contribution is -0.141. The second-order valence-corrected chi connectivity index (χ2v) is 5.43. The van der Waals surface area contributed by atoms with Gasteiger partial charge >= 0.3 is 5.97 Å². The number of ether oxygens (including phenoxy) is 1. The van der Waals surface area contributed by atoms with Crippen LogP contribution in [0.25, 0.3) is 0 Å². The molecule has 2 rings (SSSR count). The van der Waals surface area contributed by atoms with Gasteiger partial charge in [-0.3, -0.25) is 9.59 Å². The van der Waals surface area contributed by atoms with Crippen molar-refractivity contribution < 1.29 is 19.4 Å². The molecule has 1 aliphatic heterocycles. The molecule has 1 aliphatic carbocycles. The van der Waals surface area contributed by atoms with Crippen molar-refractivity contribution in [2.75, 3.05) is 13.2 Å². The van der Waals surface area contributed by atoms with E-state index in [0.29, 0.717) is 26.1 Å². The minimum Gasteiger partial charge on any atom is -0.481 e. The zero-order valence-electron chi connectivity index (χ0n) is 10.6. The van der Waals surface area contributed by atoms with Gasteiger partial charge in [0.05, 0.1) is 12.0 Å². The number of amides is 1. The van der Waals surface area contributed by atoms with Crippen LogP contribution in [0.1, 0.15) is 44.9 Å². The van der Waals surface area contributed by atoms with E-state index in [1.807, 2.05) is 0 Å². The topological polar surface area (TPSA) is 75.6 Å². The Morgan fingerprint density at radius 2 is 1.83 bits per heavy atom. The van der Waals surface area contributed by atoms with Gasteiger partial charge in [0, 0.05) is 19.1 Å². The molecule has 2 fully saturated rings. The van der Waals surface area contributed by atoms with E-state index in [9.17, 15) is 9.59 Å². The highest BCUT2D eigenvalue weighted by molar-refractivity contribution is 5.80. The Balaban J connectivity index is 1.99. The Kier molecular flexibility index (Phi) is 4.22. The van der Waals surface area contributed by atoms with E-state index < -0.39 is 11.5 Å². The van der Waals surface area contributed by atoms with Crippen LogP contribution < -0.4 is 5.32 Å². The first-order valence-corrected chi connectivity index (χ1v) is 6.73. The molecule has 0 unspecified atom stereocenters. The summed E-state index contributed by atoms with van der Waals surface area (Å²) in [6.45, 7) is 1.05. The first kappa shape index (κ1) is 13.3. The van der Waals surface area contributed by atoms with Gasteiger partial charge < -0.3 is 15.2 Å². The van der Waals surface area contributed by atoms with Crippen LogP contribution >= 0.6 is 0 Å². The van der Waals surface area contributed by atoms with E-state index in [2.05, 4.69) is 5.32 Å². The number of aliphatic carboxylic acids is 1. The van der Waals surface area contributed by atoms with Crippen molar-refractivity contribution in [2.45, 2.75) is 50.5 Å². The second kappa shape index (κ2) is 5.69. The van der Waals surface area contributed by atoms with Gasteiger partial charge in [-0.1, -0.05) is 12.8 Å². The SMILES string of the molecule is O=C(O)CC1(NC(=O)C2CCCC2)CCOCC1. The molecule has 1 saturated heterocycles. The number of carboxylic acid groups (broad SMARTS) is 1. The first-order valence-electron chi connectivity index (χ1n) is 6.73. The molecule has 2 aliphatic rings. The Morgan fingerprint density at radius 3 is 2.39 bits per heavy atom. The summed E-state index contributed by atoms with van der Waals surface area (Å²) in [5.74, 6) is -0.738. The van der Waals surface area contributed by atoms with Crippen molar-refractivity contribution in [3.63, 3.8) is 0 Å². The Bertz CT molecular complexity index is 317. The van der Waals surface area contributed by atoms with Gasteiger partial charge in [0.2, 0.25) is 5.91 Å². The predicted octanol–water partition coefficient (Wildman–Crippen LogP) is 1.32. The summed E-state index contributed by atoms with van der Waals surface area (Å²) >= 11 is 0. The summed E-state index contributed by atoms with van der Waals surface area (Å²) in [6.07, 6.45) is 5.27. The van der Waals surface area contributed by atoms with Crippen molar-refractivity contribution in [1.82, 2.24) is 5.32 Å². The van der Waals surface area contributed by atoms with Crippen LogP contribution in [0.3, 0.4) is 0 Å². The summed E-state index contributed by atoms with van der Waals surface area (Å²) in [5.41, 5.74) is -0.593. The highest BCUT2D eigenvalue weighted by Gasteiger charge is 2.38. The summed E-state index contributed by atoms with van der Waals surface area (Å²) in [4.78, 5) is 23.1. The fraction of sp³-hybridized carbons (Fsp3) is 0.846. The summed E-state index contributed by atoms with van der Waals surface area (Å²) < 4.78 is 5.27. The maximum atomic E-state index is 12.2. The van der Waals surface area contributed by atoms with Crippen LogP contribution in [0.2, 0.25) is 0 Å². The van der Waals surface area contributed by atoms with Gasteiger partial charge in [-0.2, -0.15) is 0 Å². The predicted molar refractivity (Wildman–Crippen MR) is 65.1 cm³/mol. The smallest absolute Gasteiger partial charge is 0.305 e. The first-order chi connectivity index (χ1) is 8.61. The van der Waals surface area contributed by atoms with Gasteiger partial charge in [-0.15, -0.1) is 0 Å². The minimum absolute atomic E-state index is 0.00514. The van der Waals surface area contributed by atoms with E-state index in [1.165, 1.54) is 0 Å². The second-order valence-electron chi connectivity index (χ2n) is 5.43. The molecule has 1 heterocycles. The van der Waals surface area contributed by atoms with Gasteiger partial charge in [0.15, 0.2) is 0 Å². The van der Waals surface area contributed by atoms with Crippen LogP contribution in [-0.2, 0) is 14.3 Å². The third-order valence-electron chi connectivity index (χ3n) is 4.05. The van der Waals surface area contributed by atoms with Crippen molar-refractivity contribution in [3.05, 3.63) is 0 Å². The number of hydrogen-bond acceptors (Lipinski definition) is 3. The van der Waals surface area contributed by atoms with Crippen LogP contribution in [0.5, 0.6) is 0 Å². The largest absolute Gasteiger partial charge is 0.481 e. The number of nitrogens with one attached hydrogen (secondary N) is 1. The van der Waals surface area contributed by atoms with Crippen molar-refractivity contribution in [1.29, 1.82) is 0 Å². The van der Waals surface area contributed by atoms with Crippen molar-refractivity contribution in [2.24, 2.45) is 5.92 Å². The maximum absolute atomic E-state index is 12.2. The molecule has 1 amide bonds. The highest BCUT2D eigenvalue weighted by atomic mass is 16.5. The van der Waals surface area contributed by atoms with Crippen molar-refractivity contribution >= 4 is 11.9 Å². The van der Waals surface area contributed by atoms with Crippen LogP contribution in [-0.4, -0.2) is 35.7 Å². The van der Waals surface area contributed by atoms with E-state index >= 15 is 0 Å². The lowest BCUT2D eigenvalue weighted by Gasteiger charge is -2.37. The fourth-order valence-corrected chi connectivity index (χ4v) is 2.95. The Hall–Kier alpha value is -1.10. The van der Waals surface area contributed by atoms with Crippen LogP contribution in [0, 0.1) is 5.92 Å². The average Bonchev–Trinajstić information content (AvgIpc) is 2.82. The van der Waals surface area contributed by atoms with E-state index in [1.54, 1.807) is 0 Å². The number of carbonyl (C=O) groups is 2. The number of carboxylic acids is 1. The standard InChI is InChI=1S/C13H21NO4/c15-11(16)9-13(5-7-18-8-6-13)14-12(17)10-3-1-2-4-10/h10H,1-9H2,(H,14,17)(H,15,16). The molecule has 2 N–H and O–H groups in total. The van der Waals surface area contributed by atoms with E-state index in [4.69, 9.17) is 9.84 Å². The van der Waals surface area contributed by atoms with Gasteiger partial charge in [-0.25, -0.2) is 0 Å². The molecular weight excluding hydrogens is 234 g/mol. The minimum atomic E-state index is -0.858. The maximum Gasteiger partial charge on any atom is 0.305 e. The molecule has 0 aromatic carbocycles. The summed E-state index contributed by atoms with van der Waals surface area (Å²) in [5, 5.41) is 12.0. The van der Waals surface area contributed by atoms with Gasteiger partial charge in [-0.05, 0) is 25.7 Å². The van der Waals surface area contributed by atoms with E-state index in [-0.39, 0.29) is 18.2 Å². The number of carbonyl (C=O) groups excluding carboxylic acids is 1. The van der Waals surface area contributed by atoms with E-state index in [0.717, 1.165) is 25.7 Å². The normalized spacial score (nSPS) is 23.8. The fourth-order valence-electron chi connectivity index (χ4n) is 2.95. The monoisotopic (exact) mass is 255 g/mol. The molecule has 0 bridgehead atoms. The third-order valence-corrected chi connectivity index (χ3v) is 4.05. The molecule has 1 saturated carbocycles. The van der Waals surface area contributed by atoms with Crippen molar-refractivity contribution in [3.8, 4) is 0 Å². The molecule has 0 spiro atoms. The van der Waals surface area contributed by atoms with Crippen LogP contribution in [0.15, 0.2) is 0 Å². The molecule has 0 aromatic heterocycles. The van der Waals surface area contributed by atoms with Gasteiger partial charge in [0.1, 0.15) is 0 Å². The molecule has 18 heavy (non-hydrogen) atoms. The summed E-state index contributed by atoms with van der Waals surface area (Å²) in [7, 11) is 0. The molecule has 0 aromatic rings. The highest BCUT2D eigenvalue weighted by Crippen LogP contribution is 2.29. The molecule has 0 radical (unpaired) electrons. The Labute approximate surface area is 107 Å². The number of rotatable bonds is 4. The van der Waals surface area contributed by atoms with Crippen LogP contribution in [0.4, 0.5) is 0 Å². The molecular formula is C13H21NO4. The molecule has 0 atom stereocenters. The van der Waals surface area contributed by atoms with Gasteiger partial charge in [0.25, 0.3) is 0 Å². The average molecular weight is 255 g/mol. The zero-order valence-corrected chi connectivity index (χ0v) is 10.6. The molecule has 5 nitrogen and oxygen atoms in total. The lowest BCUT2D eigenvalue weighted by atomic mass is 9.85. The third kappa shape index (κ3) is 3.22. The Morgan fingerprint density at radius 1 is 1.22 bits per heavy atom.